The van der Waals surface area contributed by atoms with Gasteiger partial charge in [-0.2, -0.15) is 0 Å². The second-order valence-corrected chi connectivity index (χ2v) is 5.11. The Labute approximate surface area is 109 Å². The highest BCUT2D eigenvalue weighted by Gasteiger charge is 2.31. The van der Waals surface area contributed by atoms with Gasteiger partial charge < -0.3 is 10.0 Å². The van der Waals surface area contributed by atoms with Crippen LogP contribution in [0.3, 0.4) is 0 Å². The highest BCUT2D eigenvalue weighted by Crippen LogP contribution is 2.31. The van der Waals surface area contributed by atoms with Crippen LogP contribution in [0.1, 0.15) is 19.8 Å². The number of hydrogen-bond donors (Lipinski definition) is 1. The van der Waals surface area contributed by atoms with Crippen LogP contribution in [-0.4, -0.2) is 33.7 Å². The molecule has 98 valence electrons. The SMILES string of the molecule is CC1(O)CCN(c2nc(Cl)ccc2[N+](=O)[O-])CC1. The van der Waals surface area contributed by atoms with Crippen molar-refractivity contribution in [1.82, 2.24) is 4.98 Å². The smallest absolute Gasteiger partial charge is 0.311 e. The molecule has 1 aliphatic heterocycles. The lowest BCUT2D eigenvalue weighted by molar-refractivity contribution is -0.384. The summed E-state index contributed by atoms with van der Waals surface area (Å²) < 4.78 is 0. The Balaban J connectivity index is 2.28. The summed E-state index contributed by atoms with van der Waals surface area (Å²) in [5.41, 5.74) is -0.759. The van der Waals surface area contributed by atoms with Gasteiger partial charge in [0, 0.05) is 19.2 Å². The zero-order valence-corrected chi connectivity index (χ0v) is 10.7. The first kappa shape index (κ1) is 13.0. The number of hydrogen-bond acceptors (Lipinski definition) is 5. The third-order valence-corrected chi connectivity index (χ3v) is 3.37. The van der Waals surface area contributed by atoms with Crippen molar-refractivity contribution in [2.24, 2.45) is 0 Å². The molecule has 7 heteroatoms. The second kappa shape index (κ2) is 4.70. The Kier molecular flexibility index (Phi) is 3.41. The van der Waals surface area contributed by atoms with Crippen LogP contribution in [-0.2, 0) is 0 Å². The fraction of sp³-hybridized carbons (Fsp3) is 0.545. The molecule has 1 aliphatic rings. The average Bonchev–Trinajstić information content (AvgIpc) is 2.28. The lowest BCUT2D eigenvalue weighted by Gasteiger charge is -2.36. The molecule has 1 N–H and O–H groups in total. The Hall–Kier alpha value is -1.40. The van der Waals surface area contributed by atoms with E-state index in [9.17, 15) is 15.2 Å². The van der Waals surface area contributed by atoms with E-state index in [2.05, 4.69) is 4.98 Å². The number of rotatable bonds is 2. The van der Waals surface area contributed by atoms with E-state index in [1.54, 1.807) is 11.8 Å². The lowest BCUT2D eigenvalue weighted by Crippen LogP contribution is -2.43. The molecule has 1 saturated heterocycles. The van der Waals surface area contributed by atoms with E-state index >= 15 is 0 Å². The minimum Gasteiger partial charge on any atom is -0.390 e. The molecule has 1 aromatic rings. The summed E-state index contributed by atoms with van der Waals surface area (Å²) in [6, 6.07) is 2.76. The number of halogens is 1. The van der Waals surface area contributed by atoms with E-state index in [1.807, 2.05) is 0 Å². The molecule has 0 bridgehead atoms. The summed E-state index contributed by atoms with van der Waals surface area (Å²) in [5, 5.41) is 21.0. The Morgan fingerprint density at radius 1 is 1.50 bits per heavy atom. The maximum Gasteiger partial charge on any atom is 0.311 e. The van der Waals surface area contributed by atoms with Crippen LogP contribution in [0.2, 0.25) is 5.15 Å². The second-order valence-electron chi connectivity index (χ2n) is 4.72. The first-order valence-corrected chi connectivity index (χ1v) is 6.05. The third kappa shape index (κ3) is 2.70. The van der Waals surface area contributed by atoms with Crippen LogP contribution < -0.4 is 4.90 Å². The summed E-state index contributed by atoms with van der Waals surface area (Å²) in [5.74, 6) is 0.281. The van der Waals surface area contributed by atoms with Crippen LogP contribution >= 0.6 is 11.6 Å². The van der Waals surface area contributed by atoms with E-state index in [0.29, 0.717) is 25.9 Å². The highest BCUT2D eigenvalue weighted by atomic mass is 35.5. The normalized spacial score (nSPS) is 18.7. The summed E-state index contributed by atoms with van der Waals surface area (Å²) >= 11 is 5.79. The maximum absolute atomic E-state index is 10.9. The van der Waals surface area contributed by atoms with Gasteiger partial charge in [0.25, 0.3) is 0 Å². The average molecular weight is 272 g/mol. The molecule has 0 radical (unpaired) electrons. The number of anilines is 1. The van der Waals surface area contributed by atoms with Gasteiger partial charge in [-0.3, -0.25) is 10.1 Å². The van der Waals surface area contributed by atoms with E-state index < -0.39 is 10.5 Å². The molecule has 1 fully saturated rings. The van der Waals surface area contributed by atoms with Crippen molar-refractivity contribution in [3.8, 4) is 0 Å². The molecule has 2 rings (SSSR count). The molecule has 6 nitrogen and oxygen atoms in total. The van der Waals surface area contributed by atoms with Gasteiger partial charge in [0.05, 0.1) is 10.5 Å². The third-order valence-electron chi connectivity index (χ3n) is 3.16. The van der Waals surface area contributed by atoms with E-state index in [0.717, 1.165) is 0 Å². The van der Waals surface area contributed by atoms with Crippen molar-refractivity contribution in [1.29, 1.82) is 0 Å². The van der Waals surface area contributed by atoms with E-state index in [-0.39, 0.29) is 16.7 Å². The predicted molar refractivity (Wildman–Crippen MR) is 68.0 cm³/mol. The number of aromatic nitrogens is 1. The van der Waals surface area contributed by atoms with Crippen molar-refractivity contribution in [3.63, 3.8) is 0 Å². The minimum absolute atomic E-state index is 0.0547. The summed E-state index contributed by atoms with van der Waals surface area (Å²) in [6.07, 6.45) is 1.11. The van der Waals surface area contributed by atoms with Crippen LogP contribution in [0.25, 0.3) is 0 Å². The topological polar surface area (TPSA) is 79.5 Å². The first-order chi connectivity index (χ1) is 8.39. The standard InChI is InChI=1S/C11H14ClN3O3/c1-11(16)4-6-14(7-5-11)10-8(15(17)18)2-3-9(12)13-10/h2-3,16H,4-7H2,1H3. The molecule has 0 atom stereocenters. The van der Waals surface area contributed by atoms with Gasteiger partial charge in [0.15, 0.2) is 0 Å². The van der Waals surface area contributed by atoms with E-state index in [4.69, 9.17) is 11.6 Å². The molecule has 0 saturated carbocycles. The summed E-state index contributed by atoms with van der Waals surface area (Å²) in [7, 11) is 0. The molecule has 18 heavy (non-hydrogen) atoms. The Bertz CT molecular complexity index is 469. The van der Waals surface area contributed by atoms with Crippen LogP contribution in [0.5, 0.6) is 0 Å². The molecule has 2 heterocycles. The molecule has 0 amide bonds. The molecule has 0 aliphatic carbocycles. The Morgan fingerprint density at radius 2 is 2.11 bits per heavy atom. The maximum atomic E-state index is 10.9. The quantitative estimate of drug-likeness (QED) is 0.505. The number of nitro groups is 1. The van der Waals surface area contributed by atoms with Crippen LogP contribution in [0.15, 0.2) is 12.1 Å². The van der Waals surface area contributed by atoms with Crippen LogP contribution in [0, 0.1) is 10.1 Å². The van der Waals surface area contributed by atoms with Crippen molar-refractivity contribution in [2.75, 3.05) is 18.0 Å². The zero-order valence-electron chi connectivity index (χ0n) is 9.97. The molecular weight excluding hydrogens is 258 g/mol. The fourth-order valence-corrected chi connectivity index (χ4v) is 2.14. The zero-order chi connectivity index (χ0) is 13.3. The van der Waals surface area contributed by atoms with Gasteiger partial charge in [-0.25, -0.2) is 4.98 Å². The van der Waals surface area contributed by atoms with Crippen LogP contribution in [0.4, 0.5) is 11.5 Å². The number of nitrogens with zero attached hydrogens (tertiary/aromatic N) is 3. The molecule has 0 aromatic carbocycles. The predicted octanol–water partition coefficient (Wildman–Crippen LogP) is 1.99. The molecule has 0 unspecified atom stereocenters. The molecule has 1 aromatic heterocycles. The fourth-order valence-electron chi connectivity index (χ4n) is 1.99. The first-order valence-electron chi connectivity index (χ1n) is 5.67. The lowest BCUT2D eigenvalue weighted by atomic mass is 9.94. The summed E-state index contributed by atoms with van der Waals surface area (Å²) in [6.45, 7) is 2.83. The molecular formula is C11H14ClN3O3. The minimum atomic E-state index is -0.705. The summed E-state index contributed by atoms with van der Waals surface area (Å²) in [4.78, 5) is 16.3. The van der Waals surface area contributed by atoms with E-state index in [1.165, 1.54) is 12.1 Å². The van der Waals surface area contributed by atoms with Gasteiger partial charge in [0.1, 0.15) is 5.15 Å². The van der Waals surface area contributed by atoms with Gasteiger partial charge in [-0.1, -0.05) is 11.6 Å². The van der Waals surface area contributed by atoms with Crippen molar-refractivity contribution < 1.29 is 10.0 Å². The van der Waals surface area contributed by atoms with Gasteiger partial charge in [0.2, 0.25) is 5.82 Å². The largest absolute Gasteiger partial charge is 0.390 e. The molecule has 0 spiro atoms. The number of piperidine rings is 1. The Morgan fingerprint density at radius 3 is 2.67 bits per heavy atom. The number of pyridine rings is 1. The highest BCUT2D eigenvalue weighted by molar-refractivity contribution is 6.29. The van der Waals surface area contributed by atoms with Gasteiger partial charge >= 0.3 is 5.69 Å². The van der Waals surface area contributed by atoms with Gasteiger partial charge in [-0.05, 0) is 25.8 Å². The van der Waals surface area contributed by atoms with Gasteiger partial charge in [-0.15, -0.1) is 0 Å². The van der Waals surface area contributed by atoms with Crippen molar-refractivity contribution >= 4 is 23.1 Å². The monoisotopic (exact) mass is 271 g/mol. The van der Waals surface area contributed by atoms with Crippen molar-refractivity contribution in [2.45, 2.75) is 25.4 Å². The van der Waals surface area contributed by atoms with Crippen molar-refractivity contribution in [3.05, 3.63) is 27.4 Å². The number of aliphatic hydroxyl groups is 1.